The normalized spacial score (nSPS) is 12.4. The first-order chi connectivity index (χ1) is 19.9. The quantitative estimate of drug-likeness (QED) is 0.166. The molecule has 0 spiro atoms. The second-order valence-electron chi connectivity index (χ2n) is 9.70. The summed E-state index contributed by atoms with van der Waals surface area (Å²) in [6.07, 6.45) is -4.66. The average Bonchev–Trinajstić information content (AvgIpc) is 3.56. The zero-order valence-electron chi connectivity index (χ0n) is 22.0. The molecule has 0 unspecified atom stereocenters. The topological polar surface area (TPSA) is 100 Å². The highest BCUT2D eigenvalue weighted by Crippen LogP contribution is 2.36. The molecule has 0 bridgehead atoms. The van der Waals surface area contributed by atoms with Crippen molar-refractivity contribution in [1.82, 2.24) is 20.1 Å². The summed E-state index contributed by atoms with van der Waals surface area (Å²) < 4.78 is 41.7. The fourth-order valence-corrected chi connectivity index (χ4v) is 5.14. The Labute approximate surface area is 247 Å². The maximum atomic E-state index is 13.3. The first-order valence-corrected chi connectivity index (χ1v) is 13.5. The van der Waals surface area contributed by atoms with Crippen molar-refractivity contribution in [3.05, 3.63) is 99.5 Å². The second-order valence-corrected chi connectivity index (χ2v) is 10.6. The van der Waals surface area contributed by atoms with Gasteiger partial charge in [-0.05, 0) is 67.1 Å². The number of aromatic amines is 1. The van der Waals surface area contributed by atoms with E-state index in [0.29, 0.717) is 49.2 Å². The summed E-state index contributed by atoms with van der Waals surface area (Å²) in [5.41, 5.74) is 3.09. The molecule has 216 valence electrons. The lowest BCUT2D eigenvalue weighted by Gasteiger charge is -2.16. The number of carbonyl (C=O) groups excluding carboxylic acids is 1. The van der Waals surface area contributed by atoms with Gasteiger partial charge in [-0.2, -0.15) is 18.3 Å². The Bertz CT molecular complexity index is 1780. The van der Waals surface area contributed by atoms with Crippen LogP contribution in [0.5, 0.6) is 0 Å². The molecule has 42 heavy (non-hydrogen) atoms. The third kappa shape index (κ3) is 6.29. The van der Waals surface area contributed by atoms with Gasteiger partial charge in [0.15, 0.2) is 0 Å². The number of carboxylic acids is 1. The van der Waals surface area contributed by atoms with E-state index < -0.39 is 23.6 Å². The molecule has 1 amide bonds. The first kappa shape index (κ1) is 29.2. The van der Waals surface area contributed by atoms with Crippen LogP contribution in [0, 0.1) is 0 Å². The number of nitrogens with zero attached hydrogens (tertiary/aromatic N) is 2. The van der Waals surface area contributed by atoms with E-state index in [1.54, 1.807) is 59.3 Å². The number of halogens is 5. The molecule has 3 aromatic carbocycles. The second kappa shape index (κ2) is 11.5. The van der Waals surface area contributed by atoms with Crippen LogP contribution < -0.4 is 5.32 Å². The van der Waals surface area contributed by atoms with Crippen LogP contribution in [-0.2, 0) is 11.0 Å². The molecule has 1 atom stereocenters. The van der Waals surface area contributed by atoms with Gasteiger partial charge < -0.3 is 15.4 Å². The monoisotopic (exact) mass is 614 g/mol. The highest BCUT2D eigenvalue weighted by Gasteiger charge is 2.30. The Morgan fingerprint density at radius 1 is 1.00 bits per heavy atom. The van der Waals surface area contributed by atoms with Gasteiger partial charge in [0, 0.05) is 38.6 Å². The van der Waals surface area contributed by atoms with Gasteiger partial charge in [-0.15, -0.1) is 0 Å². The van der Waals surface area contributed by atoms with Gasteiger partial charge in [0.05, 0.1) is 35.1 Å². The minimum Gasteiger partial charge on any atom is -0.481 e. The summed E-state index contributed by atoms with van der Waals surface area (Å²) in [6.45, 7) is 1.91. The maximum Gasteiger partial charge on any atom is 0.416 e. The van der Waals surface area contributed by atoms with Crippen molar-refractivity contribution >= 4 is 46.0 Å². The van der Waals surface area contributed by atoms with Crippen molar-refractivity contribution in [3.8, 4) is 22.6 Å². The van der Waals surface area contributed by atoms with Gasteiger partial charge in [-0.25, -0.2) is 0 Å². The standard InChI is InChI=1S/C30H23Cl2F3N4O3/c1-16(17-2-4-18(5-3-17)29(42)36-9-8-28(40)41)39-27(15-25(38-39)20-10-22(31)14-23(32)11-20)26-12-19-6-7-21(30(33,34)35)13-24(19)37-26/h2-7,10-16,37H,8-9H2,1H3,(H,36,42)(H,40,41)/t16-/m0/s1. The molecule has 0 saturated carbocycles. The zero-order valence-corrected chi connectivity index (χ0v) is 23.5. The first-order valence-electron chi connectivity index (χ1n) is 12.8. The summed E-state index contributed by atoms with van der Waals surface area (Å²) in [6, 6.07) is 18.5. The molecule has 2 heterocycles. The van der Waals surface area contributed by atoms with Crippen molar-refractivity contribution in [2.45, 2.75) is 25.6 Å². The third-order valence-corrected chi connectivity index (χ3v) is 7.20. The van der Waals surface area contributed by atoms with E-state index >= 15 is 0 Å². The Morgan fingerprint density at radius 3 is 2.33 bits per heavy atom. The lowest BCUT2D eigenvalue weighted by Crippen LogP contribution is -2.26. The average molecular weight is 615 g/mol. The summed E-state index contributed by atoms with van der Waals surface area (Å²) in [4.78, 5) is 26.2. The number of carboxylic acid groups (broad SMARTS) is 1. The van der Waals surface area contributed by atoms with Crippen LogP contribution in [0.25, 0.3) is 33.5 Å². The number of aromatic nitrogens is 3. The van der Waals surface area contributed by atoms with Crippen LogP contribution in [0.2, 0.25) is 10.0 Å². The molecule has 0 aliphatic carbocycles. The fourth-order valence-electron chi connectivity index (χ4n) is 4.61. The van der Waals surface area contributed by atoms with Gasteiger partial charge in [0.1, 0.15) is 0 Å². The number of nitrogens with one attached hydrogen (secondary N) is 2. The van der Waals surface area contributed by atoms with E-state index in [2.05, 4.69) is 10.3 Å². The predicted molar refractivity (Wildman–Crippen MR) is 155 cm³/mol. The maximum absolute atomic E-state index is 13.3. The molecule has 12 heteroatoms. The minimum atomic E-state index is -4.48. The van der Waals surface area contributed by atoms with Gasteiger partial charge in [-0.1, -0.05) is 41.4 Å². The van der Waals surface area contributed by atoms with Gasteiger partial charge >= 0.3 is 12.1 Å². The van der Waals surface area contributed by atoms with Crippen molar-refractivity contribution in [2.24, 2.45) is 0 Å². The molecule has 0 radical (unpaired) electrons. The van der Waals surface area contributed by atoms with Crippen LogP contribution in [-0.4, -0.2) is 38.3 Å². The number of hydrogen-bond donors (Lipinski definition) is 3. The number of aliphatic carboxylic acids is 1. The van der Waals surface area contributed by atoms with E-state index in [9.17, 15) is 22.8 Å². The van der Waals surface area contributed by atoms with E-state index in [1.807, 2.05) is 6.92 Å². The highest BCUT2D eigenvalue weighted by molar-refractivity contribution is 6.35. The zero-order chi connectivity index (χ0) is 30.2. The molecule has 5 aromatic rings. The summed E-state index contributed by atoms with van der Waals surface area (Å²) in [5.74, 6) is -1.41. The molecular weight excluding hydrogens is 592 g/mol. The largest absolute Gasteiger partial charge is 0.481 e. The van der Waals surface area contributed by atoms with E-state index in [1.165, 1.54) is 6.07 Å². The van der Waals surface area contributed by atoms with E-state index in [-0.39, 0.29) is 19.0 Å². The van der Waals surface area contributed by atoms with Crippen LogP contribution in [0.4, 0.5) is 13.2 Å². The number of hydrogen-bond acceptors (Lipinski definition) is 3. The van der Waals surface area contributed by atoms with Crippen LogP contribution in [0.15, 0.2) is 72.8 Å². The smallest absolute Gasteiger partial charge is 0.416 e. The molecule has 3 N–H and O–H groups in total. The Hall–Kier alpha value is -4.28. The van der Waals surface area contributed by atoms with E-state index in [0.717, 1.165) is 17.7 Å². The molecule has 0 saturated heterocycles. The lowest BCUT2D eigenvalue weighted by molar-refractivity contribution is -0.138. The number of carbonyl (C=O) groups is 2. The van der Waals surface area contributed by atoms with Gasteiger partial charge in [-0.3, -0.25) is 14.3 Å². The number of benzene rings is 3. The Kier molecular flexibility index (Phi) is 8.03. The van der Waals surface area contributed by atoms with Crippen molar-refractivity contribution in [1.29, 1.82) is 0 Å². The summed E-state index contributed by atoms with van der Waals surface area (Å²) >= 11 is 12.5. The Balaban J connectivity index is 1.54. The minimum absolute atomic E-state index is 0.00816. The summed E-state index contributed by atoms with van der Waals surface area (Å²) in [7, 11) is 0. The van der Waals surface area contributed by atoms with Crippen molar-refractivity contribution in [2.75, 3.05) is 6.54 Å². The van der Waals surface area contributed by atoms with Crippen LogP contribution in [0.1, 0.15) is 40.9 Å². The van der Waals surface area contributed by atoms with Crippen LogP contribution in [0.3, 0.4) is 0 Å². The third-order valence-electron chi connectivity index (χ3n) is 6.77. The molecule has 0 aliphatic rings. The van der Waals surface area contributed by atoms with Crippen molar-refractivity contribution in [3.63, 3.8) is 0 Å². The van der Waals surface area contributed by atoms with Gasteiger partial charge in [0.2, 0.25) is 0 Å². The molecule has 2 aromatic heterocycles. The fraction of sp³-hybridized carbons (Fsp3) is 0.167. The molecule has 0 aliphatic heterocycles. The van der Waals surface area contributed by atoms with E-state index in [4.69, 9.17) is 33.4 Å². The highest BCUT2D eigenvalue weighted by atomic mass is 35.5. The predicted octanol–water partition coefficient (Wildman–Crippen LogP) is 7.84. The molecule has 7 nitrogen and oxygen atoms in total. The van der Waals surface area contributed by atoms with Gasteiger partial charge in [0.25, 0.3) is 5.91 Å². The lowest BCUT2D eigenvalue weighted by atomic mass is 10.1. The number of alkyl halides is 3. The summed E-state index contributed by atoms with van der Waals surface area (Å²) in [5, 5.41) is 17.6. The number of rotatable bonds is 8. The molecular formula is C30H23Cl2F3N4O3. The molecule has 5 rings (SSSR count). The number of H-pyrrole nitrogens is 1. The number of amides is 1. The van der Waals surface area contributed by atoms with Crippen molar-refractivity contribution < 1.29 is 27.9 Å². The van der Waals surface area contributed by atoms with Crippen LogP contribution >= 0.6 is 23.2 Å². The SMILES string of the molecule is C[C@@H](c1ccc(C(=O)NCCC(=O)O)cc1)n1nc(-c2cc(Cl)cc(Cl)c2)cc1-c1cc2ccc(C(F)(F)F)cc2[nH]1. The molecule has 0 fully saturated rings. The Morgan fingerprint density at radius 2 is 1.69 bits per heavy atom. The number of fused-ring (bicyclic) bond motifs is 1.